The molecule has 2 aromatic rings. The first-order valence-electron chi connectivity index (χ1n) is 4.98. The number of thiazole rings is 1. The maximum Gasteiger partial charge on any atom is 0.180 e. The third-order valence-corrected chi connectivity index (χ3v) is 3.35. The lowest BCUT2D eigenvalue weighted by Gasteiger charge is -2.10. The molecule has 16 heavy (non-hydrogen) atoms. The number of nitrogen functional groups attached to an aromatic ring is 1. The van der Waals surface area contributed by atoms with Crippen molar-refractivity contribution in [3.05, 3.63) is 29.5 Å². The van der Waals surface area contributed by atoms with E-state index in [0.717, 1.165) is 27.3 Å². The topological polar surface area (TPSA) is 48.1 Å². The van der Waals surface area contributed by atoms with E-state index in [9.17, 15) is 0 Å². The zero-order chi connectivity index (χ0) is 11.7. The Labute approximate surface area is 98.9 Å². The van der Waals surface area contributed by atoms with Crippen molar-refractivity contribution < 1.29 is 4.74 Å². The normalized spacial score (nSPS) is 10.4. The smallest absolute Gasteiger partial charge is 0.180 e. The van der Waals surface area contributed by atoms with Crippen LogP contribution in [0.2, 0.25) is 0 Å². The summed E-state index contributed by atoms with van der Waals surface area (Å²) in [4.78, 5) is 5.15. The van der Waals surface area contributed by atoms with Crippen LogP contribution in [-0.2, 0) is 0 Å². The van der Waals surface area contributed by atoms with Crippen molar-refractivity contribution in [3.63, 3.8) is 0 Å². The molecule has 1 aromatic heterocycles. The third kappa shape index (κ3) is 1.88. The molecule has 0 aliphatic heterocycles. The molecule has 84 valence electrons. The van der Waals surface area contributed by atoms with Crippen molar-refractivity contribution in [2.45, 2.75) is 13.8 Å². The number of nitrogens with zero attached hydrogens (tertiary/aromatic N) is 1. The average molecular weight is 234 g/mol. The summed E-state index contributed by atoms with van der Waals surface area (Å²) in [6, 6.07) is 4.19. The number of methoxy groups -OCH3 is 1. The Balaban J connectivity index is 2.52. The van der Waals surface area contributed by atoms with E-state index in [4.69, 9.17) is 10.5 Å². The van der Waals surface area contributed by atoms with Crippen LogP contribution in [0.25, 0.3) is 10.4 Å². The average Bonchev–Trinajstić information content (AvgIpc) is 2.64. The van der Waals surface area contributed by atoms with Gasteiger partial charge in [-0.15, -0.1) is 0 Å². The number of aromatic nitrogens is 1. The molecule has 1 aromatic carbocycles. The fourth-order valence-electron chi connectivity index (χ4n) is 1.84. The predicted octanol–water partition coefficient (Wildman–Crippen LogP) is 3.02. The van der Waals surface area contributed by atoms with Gasteiger partial charge < -0.3 is 10.5 Å². The molecule has 0 aliphatic carbocycles. The second kappa shape index (κ2) is 4.14. The van der Waals surface area contributed by atoms with Gasteiger partial charge in [0.25, 0.3) is 0 Å². The van der Waals surface area contributed by atoms with E-state index in [0.29, 0.717) is 5.13 Å². The van der Waals surface area contributed by atoms with Gasteiger partial charge in [0, 0.05) is 6.20 Å². The second-order valence-electron chi connectivity index (χ2n) is 3.71. The Bertz CT molecular complexity index is 496. The van der Waals surface area contributed by atoms with Gasteiger partial charge in [-0.1, -0.05) is 11.3 Å². The first kappa shape index (κ1) is 11.0. The van der Waals surface area contributed by atoms with Crippen molar-refractivity contribution in [2.24, 2.45) is 0 Å². The summed E-state index contributed by atoms with van der Waals surface area (Å²) in [5.74, 6) is 0.946. The molecule has 0 amide bonds. The molecule has 0 fully saturated rings. The summed E-state index contributed by atoms with van der Waals surface area (Å²) in [6.07, 6.45) is 1.81. The largest absolute Gasteiger partial charge is 0.496 e. The van der Waals surface area contributed by atoms with Crippen molar-refractivity contribution >= 4 is 16.5 Å². The number of hydrogen-bond donors (Lipinski definition) is 1. The van der Waals surface area contributed by atoms with Crippen molar-refractivity contribution in [1.29, 1.82) is 0 Å². The van der Waals surface area contributed by atoms with Crippen molar-refractivity contribution in [2.75, 3.05) is 12.8 Å². The number of benzene rings is 1. The van der Waals surface area contributed by atoms with Gasteiger partial charge in [0.1, 0.15) is 5.75 Å². The van der Waals surface area contributed by atoms with Gasteiger partial charge in [0.05, 0.1) is 12.0 Å². The zero-order valence-electron chi connectivity index (χ0n) is 9.57. The van der Waals surface area contributed by atoms with Crippen LogP contribution in [0, 0.1) is 13.8 Å². The molecule has 2 rings (SSSR count). The van der Waals surface area contributed by atoms with Crippen LogP contribution in [0.1, 0.15) is 11.1 Å². The SMILES string of the molecule is COc1c(C)cc(-c2cnc(N)s2)cc1C. The van der Waals surface area contributed by atoms with E-state index < -0.39 is 0 Å². The minimum atomic E-state index is 0.598. The van der Waals surface area contributed by atoms with E-state index >= 15 is 0 Å². The van der Waals surface area contributed by atoms with Crippen molar-refractivity contribution in [3.8, 4) is 16.2 Å². The maximum atomic E-state index is 5.63. The fraction of sp³-hybridized carbons (Fsp3) is 0.250. The molecule has 0 bridgehead atoms. The number of ether oxygens (including phenoxy) is 1. The lowest BCUT2D eigenvalue weighted by molar-refractivity contribution is 0.408. The highest BCUT2D eigenvalue weighted by Gasteiger charge is 2.08. The molecule has 0 spiro atoms. The molecule has 1 heterocycles. The van der Waals surface area contributed by atoms with Crippen LogP contribution in [0.5, 0.6) is 5.75 Å². The molecule has 3 nitrogen and oxygen atoms in total. The Morgan fingerprint density at radius 1 is 1.25 bits per heavy atom. The minimum Gasteiger partial charge on any atom is -0.496 e. The van der Waals surface area contributed by atoms with Gasteiger partial charge in [0.2, 0.25) is 0 Å². The lowest BCUT2D eigenvalue weighted by atomic mass is 10.1. The highest BCUT2D eigenvalue weighted by atomic mass is 32.1. The Kier molecular flexibility index (Phi) is 2.83. The van der Waals surface area contributed by atoms with Gasteiger partial charge in [-0.25, -0.2) is 4.98 Å². The highest BCUT2D eigenvalue weighted by molar-refractivity contribution is 7.18. The Hall–Kier alpha value is -1.55. The summed E-state index contributed by atoms with van der Waals surface area (Å²) in [6.45, 7) is 4.08. The number of nitrogens with two attached hydrogens (primary N) is 1. The highest BCUT2D eigenvalue weighted by Crippen LogP contribution is 2.33. The molecule has 4 heteroatoms. The molecule has 0 atom stereocenters. The van der Waals surface area contributed by atoms with Crippen LogP contribution < -0.4 is 10.5 Å². The Morgan fingerprint density at radius 3 is 2.31 bits per heavy atom. The minimum absolute atomic E-state index is 0.598. The fourth-order valence-corrected chi connectivity index (χ4v) is 2.51. The molecule has 0 saturated carbocycles. The Morgan fingerprint density at radius 2 is 1.88 bits per heavy atom. The van der Waals surface area contributed by atoms with Crippen LogP contribution in [0.15, 0.2) is 18.3 Å². The summed E-state index contributed by atoms with van der Waals surface area (Å²) >= 11 is 1.50. The standard InChI is InChI=1S/C12H14N2OS/c1-7-4-9(5-8(2)11(7)15-3)10-6-14-12(13)16-10/h4-6H,1-3H3,(H2,13,14). The van der Waals surface area contributed by atoms with Gasteiger partial charge in [-0.2, -0.15) is 0 Å². The molecular formula is C12H14N2OS. The molecule has 0 saturated heterocycles. The van der Waals surface area contributed by atoms with Gasteiger partial charge in [-0.05, 0) is 42.7 Å². The van der Waals surface area contributed by atoms with E-state index in [1.807, 2.05) is 13.8 Å². The van der Waals surface area contributed by atoms with Crippen LogP contribution in [0.4, 0.5) is 5.13 Å². The molecule has 0 unspecified atom stereocenters. The van der Waals surface area contributed by atoms with E-state index in [-0.39, 0.29) is 0 Å². The summed E-state index contributed by atoms with van der Waals surface area (Å²) in [5, 5.41) is 0.598. The van der Waals surface area contributed by atoms with Gasteiger partial charge in [0.15, 0.2) is 5.13 Å². The van der Waals surface area contributed by atoms with Crippen LogP contribution in [0.3, 0.4) is 0 Å². The van der Waals surface area contributed by atoms with Gasteiger partial charge in [-0.3, -0.25) is 0 Å². The van der Waals surface area contributed by atoms with Crippen LogP contribution in [-0.4, -0.2) is 12.1 Å². The molecule has 2 N–H and O–H groups in total. The molecular weight excluding hydrogens is 220 g/mol. The number of aryl methyl sites for hydroxylation is 2. The molecule has 0 aliphatic rings. The maximum absolute atomic E-state index is 5.63. The first-order valence-corrected chi connectivity index (χ1v) is 5.80. The first-order chi connectivity index (χ1) is 7.61. The predicted molar refractivity (Wildman–Crippen MR) is 68.0 cm³/mol. The molecule has 0 radical (unpaired) electrons. The number of anilines is 1. The third-order valence-electron chi connectivity index (χ3n) is 2.47. The number of rotatable bonds is 2. The lowest BCUT2D eigenvalue weighted by Crippen LogP contribution is -1.91. The second-order valence-corrected chi connectivity index (χ2v) is 4.77. The van der Waals surface area contributed by atoms with E-state index in [2.05, 4.69) is 17.1 Å². The van der Waals surface area contributed by atoms with E-state index in [1.54, 1.807) is 13.3 Å². The zero-order valence-corrected chi connectivity index (χ0v) is 10.4. The quantitative estimate of drug-likeness (QED) is 0.869. The van der Waals surface area contributed by atoms with E-state index in [1.165, 1.54) is 11.3 Å². The van der Waals surface area contributed by atoms with Crippen LogP contribution >= 0.6 is 11.3 Å². The summed E-state index contributed by atoms with van der Waals surface area (Å²) < 4.78 is 5.33. The monoisotopic (exact) mass is 234 g/mol. The van der Waals surface area contributed by atoms with Gasteiger partial charge >= 0.3 is 0 Å². The van der Waals surface area contributed by atoms with Crippen molar-refractivity contribution in [1.82, 2.24) is 4.98 Å². The number of hydrogen-bond acceptors (Lipinski definition) is 4. The summed E-state index contributed by atoms with van der Waals surface area (Å²) in [7, 11) is 1.69. The summed E-state index contributed by atoms with van der Waals surface area (Å²) in [5.41, 5.74) is 9.03.